The zero-order chi connectivity index (χ0) is 64.9. The Kier molecular flexibility index (Phi) is 22.2. The van der Waals surface area contributed by atoms with Crippen LogP contribution in [0.15, 0.2) is 104 Å². The number of esters is 4. The van der Waals surface area contributed by atoms with Crippen LogP contribution in [0.2, 0.25) is 0 Å². The molecule has 0 spiro atoms. The number of nitrogens with zero attached hydrogens (tertiary/aromatic N) is 2. The van der Waals surface area contributed by atoms with Gasteiger partial charge in [-0.05, 0) is 114 Å². The highest BCUT2D eigenvalue weighted by atomic mass is 16.7. The number of fused-ring (bicyclic) bond motifs is 8. The number of aryl methyl sites for hydroxylation is 2. The number of epoxide rings is 4. The predicted octanol–water partition coefficient (Wildman–Crippen LogP) is 10.1. The third-order valence-corrected chi connectivity index (χ3v) is 19.3. The van der Waals surface area contributed by atoms with Crippen molar-refractivity contribution in [2.45, 2.75) is 231 Å². The fourth-order valence-corrected chi connectivity index (χ4v) is 13.3. The minimum atomic E-state index is -0.905. The molecule has 0 aliphatic carbocycles. The topological polar surface area (TPSA) is 266 Å². The molecule has 8 aliphatic heterocycles. The fraction of sp³-hybridized carbons (Fsp3) is 0.629. The van der Waals surface area contributed by atoms with Gasteiger partial charge in [-0.25, -0.2) is 19.6 Å². The summed E-state index contributed by atoms with van der Waals surface area (Å²) in [4.78, 5) is 60.1. The van der Waals surface area contributed by atoms with Crippen molar-refractivity contribution in [3.8, 4) is 0 Å². The Balaban J connectivity index is 0.000000213. The van der Waals surface area contributed by atoms with Crippen molar-refractivity contribution < 1.29 is 85.6 Å². The quantitative estimate of drug-likeness (QED) is 0.0585. The molecular formula is C70H94N2O18. The molecule has 10 rings (SSSR count). The Labute approximate surface area is 529 Å². The second kappa shape index (κ2) is 29.2. The zero-order valence-corrected chi connectivity index (χ0v) is 54.6. The summed E-state index contributed by atoms with van der Waals surface area (Å²) in [6.07, 6.45) is 23.3. The van der Waals surface area contributed by atoms with Crippen LogP contribution < -0.4 is 0 Å². The summed E-state index contributed by atoms with van der Waals surface area (Å²) in [5.41, 5.74) is 3.73. The first-order valence-electron chi connectivity index (χ1n) is 31.9. The number of methoxy groups -OCH3 is 2. The lowest BCUT2D eigenvalue weighted by atomic mass is 9.84. The maximum Gasteiger partial charge on any atom is 0.338 e. The van der Waals surface area contributed by atoms with E-state index >= 15 is 0 Å². The number of aliphatic hydroxyl groups excluding tert-OH is 2. The lowest BCUT2D eigenvalue weighted by Gasteiger charge is -2.33. The molecule has 2 aromatic heterocycles. The number of oxazole rings is 2. The van der Waals surface area contributed by atoms with Gasteiger partial charge in [0.15, 0.2) is 24.0 Å². The molecule has 0 aromatic carbocycles. The first-order chi connectivity index (χ1) is 42.7. The van der Waals surface area contributed by atoms with Crippen molar-refractivity contribution in [3.05, 3.63) is 119 Å². The summed E-state index contributed by atoms with van der Waals surface area (Å²) >= 11 is 0. The summed E-state index contributed by atoms with van der Waals surface area (Å²) in [5, 5.41) is 22.8. The number of hydrogen-bond donors (Lipinski definition) is 2. The van der Waals surface area contributed by atoms with E-state index < -0.39 is 72.0 Å². The minimum absolute atomic E-state index is 0.0130. The molecule has 4 bridgehead atoms. The number of allylic oxidation sites excluding steroid dienone is 8. The van der Waals surface area contributed by atoms with Crippen LogP contribution in [0.3, 0.4) is 0 Å². The van der Waals surface area contributed by atoms with Gasteiger partial charge < -0.3 is 66.4 Å². The Morgan fingerprint density at radius 2 is 0.956 bits per heavy atom. The molecule has 6 fully saturated rings. The maximum atomic E-state index is 13.4. The van der Waals surface area contributed by atoms with Crippen molar-refractivity contribution in [1.82, 2.24) is 9.97 Å². The van der Waals surface area contributed by atoms with Crippen LogP contribution in [-0.4, -0.2) is 155 Å². The number of carbonyl (C=O) groups excluding carboxylic acids is 4. The van der Waals surface area contributed by atoms with Gasteiger partial charge in [0.25, 0.3) is 0 Å². The molecular weight excluding hydrogens is 1160 g/mol. The molecule has 90 heavy (non-hydrogen) atoms. The number of carbonyl (C=O) groups is 4. The smallest absolute Gasteiger partial charge is 0.338 e. The first kappa shape index (κ1) is 68.3. The average Bonchev–Trinajstić information content (AvgIpc) is 1.74. The number of cyclic esters (lactones) is 2. The number of hydrogen-bond acceptors (Lipinski definition) is 20. The van der Waals surface area contributed by atoms with Crippen LogP contribution in [0.4, 0.5) is 0 Å². The largest absolute Gasteiger partial charge is 0.462 e. The van der Waals surface area contributed by atoms with Crippen molar-refractivity contribution in [2.75, 3.05) is 14.2 Å². The summed E-state index contributed by atoms with van der Waals surface area (Å²) in [6, 6.07) is 0. The molecule has 492 valence electrons. The molecule has 2 aromatic rings. The second-order valence-corrected chi connectivity index (χ2v) is 26.6. The van der Waals surface area contributed by atoms with Crippen LogP contribution in [0.5, 0.6) is 0 Å². The van der Waals surface area contributed by atoms with Crippen molar-refractivity contribution >= 4 is 36.0 Å². The van der Waals surface area contributed by atoms with Gasteiger partial charge in [0.05, 0.1) is 36.6 Å². The lowest BCUT2D eigenvalue weighted by Crippen LogP contribution is -2.42. The molecule has 0 amide bonds. The monoisotopic (exact) mass is 1250 g/mol. The van der Waals surface area contributed by atoms with E-state index in [2.05, 4.69) is 9.97 Å². The molecule has 0 radical (unpaired) electrons. The van der Waals surface area contributed by atoms with E-state index in [1.54, 1.807) is 40.6 Å². The van der Waals surface area contributed by atoms with Gasteiger partial charge in [-0.3, -0.25) is 9.59 Å². The molecule has 2 N–H and O–H groups in total. The van der Waals surface area contributed by atoms with Crippen LogP contribution >= 0.6 is 0 Å². The Morgan fingerprint density at radius 3 is 1.31 bits per heavy atom. The van der Waals surface area contributed by atoms with E-state index in [9.17, 15) is 29.4 Å². The Hall–Kier alpha value is -6.10. The number of aromatic nitrogens is 2. The van der Waals surface area contributed by atoms with Crippen LogP contribution in [-0.2, 0) is 66.5 Å². The molecule has 22 atom stereocenters. The van der Waals surface area contributed by atoms with Gasteiger partial charge in [-0.2, -0.15) is 0 Å². The van der Waals surface area contributed by atoms with Crippen LogP contribution in [0, 0.1) is 49.4 Å². The summed E-state index contributed by atoms with van der Waals surface area (Å²) in [7, 11) is 3.26. The summed E-state index contributed by atoms with van der Waals surface area (Å²) < 4.78 is 69.4. The molecule has 8 aliphatic rings. The third kappa shape index (κ3) is 17.3. The van der Waals surface area contributed by atoms with Gasteiger partial charge in [0, 0.05) is 77.4 Å². The van der Waals surface area contributed by atoms with E-state index in [0.717, 1.165) is 33.7 Å². The standard InChI is InChI=1S/2C35H47NO9/c2*1-19(13-25-18-41-23(5)36-25)9-8-10-21(3)32(40-7)22(4)27-17-29(37)35(6)30(45-35)12-11-20(2)26-14-24(16-31(38)42-26)15-28-33(43-28)34(39)44-27/h2*8-13,18,20,22,24,26-30,32-33,37H,14-17H2,1-7H3/b2*9-8+,12-11+,19-13+,21-10+/t2*20-,22+,24+,26-,27+,28+,29+,30-,32+,33-,35-/m11/s1. The van der Waals surface area contributed by atoms with E-state index in [4.69, 9.17) is 56.2 Å². The van der Waals surface area contributed by atoms with Gasteiger partial charge in [0.2, 0.25) is 0 Å². The van der Waals surface area contributed by atoms with Crippen molar-refractivity contribution in [2.24, 2.45) is 35.5 Å². The van der Waals surface area contributed by atoms with Gasteiger partial charge >= 0.3 is 23.9 Å². The fourth-order valence-electron chi connectivity index (χ4n) is 13.3. The molecule has 0 unspecified atom stereocenters. The average molecular weight is 1250 g/mol. The second-order valence-electron chi connectivity index (χ2n) is 26.6. The highest BCUT2D eigenvalue weighted by molar-refractivity contribution is 5.79. The summed E-state index contributed by atoms with van der Waals surface area (Å²) in [6.45, 7) is 23.2. The van der Waals surface area contributed by atoms with E-state index in [0.29, 0.717) is 50.3 Å². The molecule has 0 saturated carbocycles. The third-order valence-electron chi connectivity index (χ3n) is 19.3. The van der Waals surface area contributed by atoms with Crippen molar-refractivity contribution in [1.29, 1.82) is 0 Å². The number of aliphatic hydroxyl groups is 2. The van der Waals surface area contributed by atoms with Crippen LogP contribution in [0.1, 0.15) is 144 Å². The number of ether oxygens (including phenoxy) is 10. The lowest BCUT2D eigenvalue weighted by molar-refractivity contribution is -0.160. The Bertz CT molecular complexity index is 2920. The van der Waals surface area contributed by atoms with Gasteiger partial charge in [-0.15, -0.1) is 0 Å². The van der Waals surface area contributed by atoms with Crippen LogP contribution in [0.25, 0.3) is 12.2 Å². The summed E-state index contributed by atoms with van der Waals surface area (Å²) in [5.74, 6) is -0.633. The molecule has 20 heteroatoms. The molecule has 10 heterocycles. The number of rotatable bonds is 14. The van der Waals surface area contributed by atoms with Gasteiger partial charge in [-0.1, -0.05) is 88.5 Å². The molecule has 6 saturated heterocycles. The highest BCUT2D eigenvalue weighted by Gasteiger charge is 2.59. The van der Waals surface area contributed by atoms with Gasteiger partial charge in [0.1, 0.15) is 71.7 Å². The van der Waals surface area contributed by atoms with E-state index in [-0.39, 0.29) is 96.9 Å². The zero-order valence-electron chi connectivity index (χ0n) is 54.6. The maximum absolute atomic E-state index is 13.4. The molecule has 20 nitrogen and oxygen atoms in total. The highest BCUT2D eigenvalue weighted by Crippen LogP contribution is 2.46. The Morgan fingerprint density at radius 1 is 0.578 bits per heavy atom. The first-order valence-corrected chi connectivity index (χ1v) is 31.9. The van der Waals surface area contributed by atoms with E-state index in [1.807, 2.05) is 142 Å². The normalized spacial score (nSPS) is 38.0. The van der Waals surface area contributed by atoms with E-state index in [1.165, 1.54) is 0 Å². The predicted molar refractivity (Wildman–Crippen MR) is 331 cm³/mol. The van der Waals surface area contributed by atoms with Crippen molar-refractivity contribution in [3.63, 3.8) is 0 Å². The SMILES string of the molecule is CO[C@@H](/C(C)=C/C=C/C(C)=C/c1coc(C)n1)[C@@H](C)[C@@H]1C[C@H](O)[C@@]2(C)O[C@@H]2/C=C/[C@@H](C)[C@H]2C[C@H](CC(=O)O2)C[C@@H]2O[C@H]2C(=O)O1.CO[C@@H](/C(C)=C/C=C/C(C)=C/c1coc(C)n1)[C@@H](C)[C@@H]1C[C@H](O)[C@@]2(C)O[C@@H]2/C=C/[C@@H](C)[C@H]2C[C@H](CC(=O)O2)C[C@@H]2O[C@H]2C(=O)O1. The minimum Gasteiger partial charge on any atom is -0.462 e.